The molecule has 1 unspecified atom stereocenters. The Morgan fingerprint density at radius 3 is 2.94 bits per heavy atom. The average Bonchev–Trinajstić information content (AvgIpc) is 2.93. The molecule has 0 saturated heterocycles. The number of hydrogen-bond acceptors (Lipinski definition) is 2. The van der Waals surface area contributed by atoms with Gasteiger partial charge in [-0.05, 0) is 24.0 Å². The van der Waals surface area contributed by atoms with Crippen LogP contribution in [0.2, 0.25) is 0 Å². The van der Waals surface area contributed by atoms with Crippen LogP contribution in [0.25, 0.3) is 10.9 Å². The SMILES string of the molecule is O=Cc1ccc2c(C3CCC(=O)C3)c[nH]c2c1. The van der Waals surface area contributed by atoms with Crippen LogP contribution in [-0.4, -0.2) is 17.1 Å². The number of fused-ring (bicyclic) bond motifs is 1. The number of aldehydes is 1. The van der Waals surface area contributed by atoms with E-state index in [9.17, 15) is 9.59 Å². The molecule has 1 aliphatic rings. The van der Waals surface area contributed by atoms with E-state index in [1.165, 1.54) is 5.56 Å². The molecule has 0 aliphatic heterocycles. The van der Waals surface area contributed by atoms with Crippen molar-refractivity contribution in [2.24, 2.45) is 0 Å². The highest BCUT2D eigenvalue weighted by atomic mass is 16.1. The number of hydrogen-bond donors (Lipinski definition) is 1. The summed E-state index contributed by atoms with van der Waals surface area (Å²) in [6.45, 7) is 0. The number of carbonyl (C=O) groups is 2. The highest BCUT2D eigenvalue weighted by Gasteiger charge is 2.25. The number of benzene rings is 1. The van der Waals surface area contributed by atoms with Crippen LogP contribution in [0.3, 0.4) is 0 Å². The fourth-order valence-corrected chi connectivity index (χ4v) is 2.66. The van der Waals surface area contributed by atoms with Crippen molar-refractivity contribution in [3.63, 3.8) is 0 Å². The summed E-state index contributed by atoms with van der Waals surface area (Å²) >= 11 is 0. The van der Waals surface area contributed by atoms with Crippen molar-refractivity contribution >= 4 is 23.0 Å². The van der Waals surface area contributed by atoms with Gasteiger partial charge in [0.25, 0.3) is 0 Å². The lowest BCUT2D eigenvalue weighted by molar-refractivity contribution is -0.117. The zero-order valence-corrected chi connectivity index (χ0v) is 9.40. The molecule has 3 nitrogen and oxygen atoms in total. The summed E-state index contributed by atoms with van der Waals surface area (Å²) in [6.07, 6.45) is 5.12. The highest BCUT2D eigenvalue weighted by molar-refractivity contribution is 5.90. The normalized spacial score (nSPS) is 20.0. The van der Waals surface area contributed by atoms with Crippen molar-refractivity contribution in [2.45, 2.75) is 25.2 Å². The summed E-state index contributed by atoms with van der Waals surface area (Å²) in [6, 6.07) is 5.64. The molecule has 1 N–H and O–H groups in total. The monoisotopic (exact) mass is 227 g/mol. The number of ketones is 1. The smallest absolute Gasteiger partial charge is 0.150 e. The molecule has 86 valence electrons. The summed E-state index contributed by atoms with van der Waals surface area (Å²) in [5.41, 5.74) is 2.86. The van der Waals surface area contributed by atoms with Gasteiger partial charge in [0, 0.05) is 35.5 Å². The molecule has 0 amide bonds. The molecule has 1 aromatic heterocycles. The molecule has 3 heteroatoms. The Hall–Kier alpha value is -1.90. The average molecular weight is 227 g/mol. The van der Waals surface area contributed by atoms with E-state index < -0.39 is 0 Å². The van der Waals surface area contributed by atoms with Crippen molar-refractivity contribution in [2.75, 3.05) is 0 Å². The van der Waals surface area contributed by atoms with E-state index in [0.29, 0.717) is 30.1 Å². The number of nitrogens with one attached hydrogen (secondary N) is 1. The zero-order chi connectivity index (χ0) is 11.8. The van der Waals surface area contributed by atoms with Crippen LogP contribution in [-0.2, 0) is 4.79 Å². The fraction of sp³-hybridized carbons (Fsp3) is 0.286. The first-order valence-electron chi connectivity index (χ1n) is 5.86. The number of Topliss-reactive ketones (excluding diaryl/α,β-unsaturated/α-hetero) is 1. The quantitative estimate of drug-likeness (QED) is 0.802. The molecule has 1 aliphatic carbocycles. The van der Waals surface area contributed by atoms with Crippen LogP contribution in [0.1, 0.15) is 41.1 Å². The summed E-state index contributed by atoms with van der Waals surface area (Å²) in [5, 5.41) is 1.13. The molecule has 2 aromatic rings. The Morgan fingerprint density at radius 1 is 1.35 bits per heavy atom. The highest BCUT2D eigenvalue weighted by Crippen LogP contribution is 2.36. The van der Waals surface area contributed by atoms with Gasteiger partial charge in [-0.15, -0.1) is 0 Å². The van der Waals surface area contributed by atoms with Gasteiger partial charge >= 0.3 is 0 Å². The molecule has 0 spiro atoms. The van der Waals surface area contributed by atoms with Crippen LogP contribution >= 0.6 is 0 Å². The maximum atomic E-state index is 11.3. The number of aromatic nitrogens is 1. The van der Waals surface area contributed by atoms with Crippen molar-refractivity contribution in [1.29, 1.82) is 0 Å². The number of H-pyrrole nitrogens is 1. The van der Waals surface area contributed by atoms with E-state index in [0.717, 1.165) is 23.6 Å². The second-order valence-electron chi connectivity index (χ2n) is 4.65. The van der Waals surface area contributed by atoms with Crippen LogP contribution in [0.15, 0.2) is 24.4 Å². The summed E-state index contributed by atoms with van der Waals surface area (Å²) < 4.78 is 0. The fourth-order valence-electron chi connectivity index (χ4n) is 2.66. The topological polar surface area (TPSA) is 49.9 Å². The summed E-state index contributed by atoms with van der Waals surface area (Å²) in [4.78, 5) is 25.2. The van der Waals surface area contributed by atoms with E-state index in [1.807, 2.05) is 24.4 Å². The second kappa shape index (κ2) is 3.84. The second-order valence-corrected chi connectivity index (χ2v) is 4.65. The maximum absolute atomic E-state index is 11.3. The summed E-state index contributed by atoms with van der Waals surface area (Å²) in [7, 11) is 0. The van der Waals surface area contributed by atoms with E-state index in [4.69, 9.17) is 0 Å². The van der Waals surface area contributed by atoms with Gasteiger partial charge in [-0.25, -0.2) is 0 Å². The predicted octanol–water partition coefficient (Wildman–Crippen LogP) is 2.82. The number of aromatic amines is 1. The Morgan fingerprint density at radius 2 is 2.24 bits per heavy atom. The van der Waals surface area contributed by atoms with Gasteiger partial charge in [-0.3, -0.25) is 9.59 Å². The third kappa shape index (κ3) is 1.68. The van der Waals surface area contributed by atoms with Gasteiger partial charge in [0.15, 0.2) is 0 Å². The van der Waals surface area contributed by atoms with Crippen LogP contribution in [0.4, 0.5) is 0 Å². The standard InChI is InChI=1S/C14H13NO2/c16-8-9-1-4-12-13(7-15-14(12)5-9)10-2-3-11(17)6-10/h1,4-5,7-8,10,15H,2-3,6H2. The number of rotatable bonds is 2. The third-order valence-electron chi connectivity index (χ3n) is 3.56. The molecule has 0 bridgehead atoms. The van der Waals surface area contributed by atoms with Gasteiger partial charge in [0.05, 0.1) is 0 Å². The lowest BCUT2D eigenvalue weighted by Gasteiger charge is -2.06. The molecule has 1 heterocycles. The zero-order valence-electron chi connectivity index (χ0n) is 9.40. The first kappa shape index (κ1) is 10.3. The van der Waals surface area contributed by atoms with Crippen LogP contribution in [0, 0.1) is 0 Å². The Kier molecular flexibility index (Phi) is 2.32. The van der Waals surface area contributed by atoms with E-state index in [2.05, 4.69) is 4.98 Å². The molecule has 1 fully saturated rings. The first-order valence-corrected chi connectivity index (χ1v) is 5.86. The Labute approximate surface area is 98.8 Å². The molecule has 0 radical (unpaired) electrons. The van der Waals surface area contributed by atoms with E-state index >= 15 is 0 Å². The minimum absolute atomic E-state index is 0.346. The van der Waals surface area contributed by atoms with Gasteiger partial charge in [0.2, 0.25) is 0 Å². The first-order chi connectivity index (χ1) is 8.28. The Balaban J connectivity index is 2.06. The minimum atomic E-state index is 0.346. The lowest BCUT2D eigenvalue weighted by atomic mass is 9.97. The minimum Gasteiger partial charge on any atom is -0.361 e. The van der Waals surface area contributed by atoms with E-state index in [-0.39, 0.29) is 0 Å². The number of carbonyl (C=O) groups excluding carboxylic acids is 2. The van der Waals surface area contributed by atoms with Crippen molar-refractivity contribution < 1.29 is 9.59 Å². The van der Waals surface area contributed by atoms with E-state index in [1.54, 1.807) is 0 Å². The molecule has 1 atom stereocenters. The van der Waals surface area contributed by atoms with Crippen LogP contribution < -0.4 is 0 Å². The van der Waals surface area contributed by atoms with Crippen molar-refractivity contribution in [3.05, 3.63) is 35.5 Å². The largest absolute Gasteiger partial charge is 0.361 e. The van der Waals surface area contributed by atoms with Crippen molar-refractivity contribution in [3.8, 4) is 0 Å². The van der Waals surface area contributed by atoms with Crippen LogP contribution in [0.5, 0.6) is 0 Å². The molecule has 1 aromatic carbocycles. The molecule has 3 rings (SSSR count). The predicted molar refractivity (Wildman–Crippen MR) is 65.3 cm³/mol. The summed E-state index contributed by atoms with van der Waals surface area (Å²) in [5.74, 6) is 0.701. The van der Waals surface area contributed by atoms with Gasteiger partial charge in [-0.1, -0.05) is 12.1 Å². The third-order valence-corrected chi connectivity index (χ3v) is 3.56. The maximum Gasteiger partial charge on any atom is 0.150 e. The molecule has 17 heavy (non-hydrogen) atoms. The van der Waals surface area contributed by atoms with Gasteiger partial charge < -0.3 is 4.98 Å². The Bertz CT molecular complexity index is 597. The molecular formula is C14H13NO2. The van der Waals surface area contributed by atoms with Gasteiger partial charge in [0.1, 0.15) is 12.1 Å². The van der Waals surface area contributed by atoms with Gasteiger partial charge in [-0.2, -0.15) is 0 Å². The molecular weight excluding hydrogens is 214 g/mol. The lowest BCUT2D eigenvalue weighted by Crippen LogP contribution is -1.92. The van der Waals surface area contributed by atoms with Crippen molar-refractivity contribution in [1.82, 2.24) is 4.98 Å². The molecule has 1 saturated carbocycles.